The lowest BCUT2D eigenvalue weighted by Crippen LogP contribution is -2.45. The first-order chi connectivity index (χ1) is 8.56. The Morgan fingerprint density at radius 3 is 2.78 bits per heavy atom. The summed E-state index contributed by atoms with van der Waals surface area (Å²) >= 11 is 0. The number of likely N-dealkylation sites (tertiary alicyclic amines) is 1. The fraction of sp³-hybridized carbons (Fsp3) is 0.929. The van der Waals surface area contributed by atoms with Crippen LogP contribution in [0, 0.1) is 5.92 Å². The monoisotopic (exact) mass is 255 g/mol. The van der Waals surface area contributed by atoms with Gasteiger partial charge in [-0.25, -0.2) is 0 Å². The molecular formula is C14H29N3O. The minimum Gasteiger partial charge on any atom is -0.355 e. The Labute approximate surface area is 111 Å². The quantitative estimate of drug-likeness (QED) is 0.753. The van der Waals surface area contributed by atoms with Gasteiger partial charge in [0.2, 0.25) is 5.91 Å². The molecule has 4 nitrogen and oxygen atoms in total. The van der Waals surface area contributed by atoms with E-state index in [4.69, 9.17) is 5.73 Å². The molecule has 0 spiro atoms. The number of hydrogen-bond donors (Lipinski definition) is 2. The fourth-order valence-corrected chi connectivity index (χ4v) is 2.54. The molecule has 1 fully saturated rings. The molecule has 1 aliphatic heterocycles. The molecule has 1 amide bonds. The summed E-state index contributed by atoms with van der Waals surface area (Å²) in [7, 11) is 0. The van der Waals surface area contributed by atoms with Crippen LogP contribution in [0.2, 0.25) is 0 Å². The zero-order valence-corrected chi connectivity index (χ0v) is 12.1. The summed E-state index contributed by atoms with van der Waals surface area (Å²) in [6.07, 6.45) is 5.16. The van der Waals surface area contributed by atoms with Gasteiger partial charge in [0, 0.05) is 31.1 Å². The van der Waals surface area contributed by atoms with Crippen molar-refractivity contribution >= 4 is 5.91 Å². The summed E-state index contributed by atoms with van der Waals surface area (Å²) in [5.74, 6) is -0.0246. The van der Waals surface area contributed by atoms with Crippen molar-refractivity contribution in [2.24, 2.45) is 11.7 Å². The van der Waals surface area contributed by atoms with Gasteiger partial charge >= 0.3 is 0 Å². The Balaban J connectivity index is 2.26. The van der Waals surface area contributed by atoms with Crippen LogP contribution in [0.5, 0.6) is 0 Å². The standard InChI is InChI=1S/C14H29N3O/c1-4-13-7-5-6-9-17(13)10-8-16-14(18)11(2)12(3)15/h11-13H,4-10,15H2,1-3H3,(H,16,18). The minimum atomic E-state index is -0.103. The van der Waals surface area contributed by atoms with Crippen molar-refractivity contribution in [3.05, 3.63) is 0 Å². The third kappa shape index (κ3) is 4.58. The maximum Gasteiger partial charge on any atom is 0.224 e. The first-order valence-corrected chi connectivity index (χ1v) is 7.33. The Morgan fingerprint density at radius 2 is 2.17 bits per heavy atom. The van der Waals surface area contributed by atoms with Gasteiger partial charge in [-0.2, -0.15) is 0 Å². The van der Waals surface area contributed by atoms with E-state index in [2.05, 4.69) is 17.1 Å². The third-order valence-electron chi connectivity index (χ3n) is 4.12. The van der Waals surface area contributed by atoms with E-state index in [9.17, 15) is 4.79 Å². The molecule has 0 aromatic rings. The summed E-state index contributed by atoms with van der Waals surface area (Å²) < 4.78 is 0. The summed E-state index contributed by atoms with van der Waals surface area (Å²) in [5.41, 5.74) is 5.72. The van der Waals surface area contributed by atoms with Gasteiger partial charge in [0.25, 0.3) is 0 Å². The Kier molecular flexibility index (Phi) is 6.65. The van der Waals surface area contributed by atoms with E-state index >= 15 is 0 Å². The molecule has 0 saturated carbocycles. The minimum absolute atomic E-state index is 0.0788. The predicted molar refractivity (Wildman–Crippen MR) is 75.3 cm³/mol. The lowest BCUT2D eigenvalue weighted by atomic mass is 10.00. The van der Waals surface area contributed by atoms with E-state index in [1.165, 1.54) is 32.2 Å². The molecule has 0 aliphatic carbocycles. The van der Waals surface area contributed by atoms with E-state index in [1.807, 2.05) is 13.8 Å². The van der Waals surface area contributed by atoms with E-state index in [0.717, 1.165) is 13.1 Å². The van der Waals surface area contributed by atoms with Crippen LogP contribution in [-0.4, -0.2) is 42.5 Å². The van der Waals surface area contributed by atoms with Crippen molar-refractivity contribution in [3.8, 4) is 0 Å². The third-order valence-corrected chi connectivity index (χ3v) is 4.12. The average Bonchev–Trinajstić information content (AvgIpc) is 2.38. The van der Waals surface area contributed by atoms with Crippen LogP contribution in [0.25, 0.3) is 0 Å². The highest BCUT2D eigenvalue weighted by Crippen LogP contribution is 2.18. The number of nitrogens with zero attached hydrogens (tertiary/aromatic N) is 1. The number of nitrogens with one attached hydrogen (secondary N) is 1. The molecule has 0 aromatic carbocycles. The van der Waals surface area contributed by atoms with Crippen molar-refractivity contribution in [3.63, 3.8) is 0 Å². The molecular weight excluding hydrogens is 226 g/mol. The first kappa shape index (κ1) is 15.4. The maximum atomic E-state index is 11.8. The summed E-state index contributed by atoms with van der Waals surface area (Å²) in [4.78, 5) is 14.3. The van der Waals surface area contributed by atoms with E-state index in [0.29, 0.717) is 6.04 Å². The van der Waals surface area contributed by atoms with Crippen LogP contribution >= 0.6 is 0 Å². The molecule has 4 heteroatoms. The van der Waals surface area contributed by atoms with Gasteiger partial charge < -0.3 is 11.1 Å². The number of carbonyl (C=O) groups is 1. The van der Waals surface area contributed by atoms with Crippen LogP contribution in [0.15, 0.2) is 0 Å². The molecule has 1 aliphatic rings. The van der Waals surface area contributed by atoms with Crippen LogP contribution < -0.4 is 11.1 Å². The van der Waals surface area contributed by atoms with Crippen LogP contribution in [-0.2, 0) is 4.79 Å². The number of amides is 1. The van der Waals surface area contributed by atoms with E-state index < -0.39 is 0 Å². The zero-order valence-electron chi connectivity index (χ0n) is 12.1. The second-order valence-corrected chi connectivity index (χ2v) is 5.53. The largest absolute Gasteiger partial charge is 0.355 e. The number of carbonyl (C=O) groups excluding carboxylic acids is 1. The lowest BCUT2D eigenvalue weighted by molar-refractivity contribution is -0.125. The van der Waals surface area contributed by atoms with Gasteiger partial charge in [0.05, 0.1) is 0 Å². The molecule has 1 saturated heterocycles. The van der Waals surface area contributed by atoms with Crippen LogP contribution in [0.3, 0.4) is 0 Å². The highest BCUT2D eigenvalue weighted by atomic mass is 16.1. The van der Waals surface area contributed by atoms with Gasteiger partial charge in [-0.15, -0.1) is 0 Å². The molecule has 106 valence electrons. The van der Waals surface area contributed by atoms with Crippen molar-refractivity contribution in [1.29, 1.82) is 0 Å². The summed E-state index contributed by atoms with van der Waals surface area (Å²) in [6, 6.07) is 0.630. The first-order valence-electron chi connectivity index (χ1n) is 7.33. The summed E-state index contributed by atoms with van der Waals surface area (Å²) in [5, 5.41) is 3.00. The highest BCUT2D eigenvalue weighted by molar-refractivity contribution is 5.78. The highest BCUT2D eigenvalue weighted by Gasteiger charge is 2.21. The van der Waals surface area contributed by atoms with Crippen LogP contribution in [0.4, 0.5) is 0 Å². The molecule has 18 heavy (non-hydrogen) atoms. The molecule has 0 bridgehead atoms. The summed E-state index contributed by atoms with van der Waals surface area (Å²) in [6.45, 7) is 8.90. The smallest absolute Gasteiger partial charge is 0.224 e. The number of piperidine rings is 1. The molecule has 0 radical (unpaired) electrons. The van der Waals surface area contributed by atoms with E-state index in [-0.39, 0.29) is 17.9 Å². The van der Waals surface area contributed by atoms with E-state index in [1.54, 1.807) is 0 Å². The molecule has 0 aromatic heterocycles. The molecule has 3 unspecified atom stereocenters. The maximum absolute atomic E-state index is 11.8. The normalized spacial score (nSPS) is 24.6. The van der Waals surface area contributed by atoms with Crippen molar-refractivity contribution in [1.82, 2.24) is 10.2 Å². The molecule has 3 N–H and O–H groups in total. The SMILES string of the molecule is CCC1CCCCN1CCNC(=O)C(C)C(C)N. The molecule has 3 atom stereocenters. The van der Waals surface area contributed by atoms with Crippen molar-refractivity contribution < 1.29 is 4.79 Å². The van der Waals surface area contributed by atoms with Crippen LogP contribution in [0.1, 0.15) is 46.5 Å². The number of hydrogen-bond acceptors (Lipinski definition) is 3. The van der Waals surface area contributed by atoms with Crippen molar-refractivity contribution in [2.45, 2.75) is 58.5 Å². The zero-order chi connectivity index (χ0) is 13.5. The van der Waals surface area contributed by atoms with Gasteiger partial charge in [-0.05, 0) is 32.7 Å². The van der Waals surface area contributed by atoms with Gasteiger partial charge in [0.15, 0.2) is 0 Å². The Bertz CT molecular complexity index is 255. The van der Waals surface area contributed by atoms with Gasteiger partial charge in [0.1, 0.15) is 0 Å². The number of nitrogens with two attached hydrogens (primary N) is 1. The second-order valence-electron chi connectivity index (χ2n) is 5.53. The number of rotatable bonds is 6. The van der Waals surface area contributed by atoms with Gasteiger partial charge in [-0.3, -0.25) is 9.69 Å². The Hall–Kier alpha value is -0.610. The fourth-order valence-electron chi connectivity index (χ4n) is 2.54. The predicted octanol–water partition coefficient (Wildman–Crippen LogP) is 1.35. The molecule has 1 heterocycles. The molecule has 1 rings (SSSR count). The van der Waals surface area contributed by atoms with Gasteiger partial charge in [-0.1, -0.05) is 20.3 Å². The lowest BCUT2D eigenvalue weighted by Gasteiger charge is -2.35. The average molecular weight is 255 g/mol. The second kappa shape index (κ2) is 7.74. The Morgan fingerprint density at radius 1 is 1.44 bits per heavy atom. The van der Waals surface area contributed by atoms with Crippen molar-refractivity contribution in [2.75, 3.05) is 19.6 Å². The topological polar surface area (TPSA) is 58.4 Å².